The zero-order valence-corrected chi connectivity index (χ0v) is 9.87. The number of hydrogen-bond acceptors (Lipinski definition) is 2. The molecule has 1 saturated heterocycles. The summed E-state index contributed by atoms with van der Waals surface area (Å²) in [4.78, 5) is 0. The zero-order valence-electron chi connectivity index (χ0n) is 9.87. The van der Waals surface area contributed by atoms with Crippen molar-refractivity contribution in [3.05, 3.63) is 24.2 Å². The van der Waals surface area contributed by atoms with Crippen molar-refractivity contribution in [3.63, 3.8) is 0 Å². The molecule has 3 rings (SSSR count). The van der Waals surface area contributed by atoms with E-state index in [2.05, 4.69) is 11.4 Å². The first-order valence-corrected chi connectivity index (χ1v) is 6.69. The van der Waals surface area contributed by atoms with Crippen LogP contribution in [-0.4, -0.2) is 12.6 Å². The second-order valence-corrected chi connectivity index (χ2v) is 5.34. The van der Waals surface area contributed by atoms with Gasteiger partial charge in [0.1, 0.15) is 5.76 Å². The topological polar surface area (TPSA) is 25.2 Å². The summed E-state index contributed by atoms with van der Waals surface area (Å²) in [6.07, 6.45) is 11.2. The maximum atomic E-state index is 5.75. The lowest BCUT2D eigenvalue weighted by molar-refractivity contribution is 0.190. The lowest BCUT2D eigenvalue weighted by Gasteiger charge is -2.40. The van der Waals surface area contributed by atoms with Gasteiger partial charge in [-0.3, -0.25) is 0 Å². The Morgan fingerprint density at radius 1 is 1.19 bits per heavy atom. The van der Waals surface area contributed by atoms with E-state index in [1.54, 1.807) is 0 Å². The van der Waals surface area contributed by atoms with Crippen molar-refractivity contribution in [3.8, 4) is 0 Å². The highest BCUT2D eigenvalue weighted by Gasteiger charge is 2.44. The molecular formula is C14H21NO. The maximum absolute atomic E-state index is 5.75. The van der Waals surface area contributed by atoms with Crippen molar-refractivity contribution in [2.45, 2.75) is 56.4 Å². The Hall–Kier alpha value is -0.760. The third-order valence-corrected chi connectivity index (χ3v) is 4.49. The molecule has 1 atom stereocenters. The van der Waals surface area contributed by atoms with E-state index in [4.69, 9.17) is 4.42 Å². The van der Waals surface area contributed by atoms with Gasteiger partial charge in [-0.15, -0.1) is 0 Å². The summed E-state index contributed by atoms with van der Waals surface area (Å²) in [6.45, 7) is 1.19. The van der Waals surface area contributed by atoms with E-state index in [-0.39, 0.29) is 0 Å². The van der Waals surface area contributed by atoms with Crippen molar-refractivity contribution in [2.75, 3.05) is 6.54 Å². The molecule has 1 aromatic rings. The van der Waals surface area contributed by atoms with Crippen LogP contribution in [0.4, 0.5) is 0 Å². The van der Waals surface area contributed by atoms with Crippen molar-refractivity contribution < 1.29 is 4.42 Å². The van der Waals surface area contributed by atoms with Gasteiger partial charge in [-0.1, -0.05) is 19.3 Å². The van der Waals surface area contributed by atoms with Crippen LogP contribution >= 0.6 is 0 Å². The van der Waals surface area contributed by atoms with Crippen LogP contribution in [0.1, 0.15) is 50.7 Å². The Labute approximate surface area is 97.4 Å². The lowest BCUT2D eigenvalue weighted by Crippen LogP contribution is -2.46. The first-order chi connectivity index (χ1) is 7.92. The van der Waals surface area contributed by atoms with Crippen LogP contribution in [0.15, 0.2) is 22.8 Å². The highest BCUT2D eigenvalue weighted by atomic mass is 16.3. The monoisotopic (exact) mass is 219 g/mol. The van der Waals surface area contributed by atoms with Gasteiger partial charge in [0, 0.05) is 11.5 Å². The summed E-state index contributed by atoms with van der Waals surface area (Å²) in [5.41, 5.74) is 0.304. The normalized spacial score (nSPS) is 29.4. The summed E-state index contributed by atoms with van der Waals surface area (Å²) in [5, 5.41) is 3.70. The van der Waals surface area contributed by atoms with Crippen molar-refractivity contribution >= 4 is 0 Å². The highest BCUT2D eigenvalue weighted by molar-refractivity contribution is 5.20. The molecule has 1 aliphatic carbocycles. The fourth-order valence-corrected chi connectivity index (χ4v) is 3.67. The predicted molar refractivity (Wildman–Crippen MR) is 64.5 cm³/mol. The molecule has 2 fully saturated rings. The molecule has 1 saturated carbocycles. The van der Waals surface area contributed by atoms with Gasteiger partial charge in [-0.25, -0.2) is 0 Å². The molecule has 2 heterocycles. The summed E-state index contributed by atoms with van der Waals surface area (Å²) in [5.74, 6) is 1.23. The third kappa shape index (κ3) is 1.60. The van der Waals surface area contributed by atoms with Crippen LogP contribution < -0.4 is 5.32 Å². The van der Waals surface area contributed by atoms with E-state index in [9.17, 15) is 0 Å². The number of furan rings is 1. The molecule has 2 aliphatic rings. The second kappa shape index (κ2) is 4.25. The van der Waals surface area contributed by atoms with Gasteiger partial charge < -0.3 is 9.73 Å². The molecule has 0 bridgehead atoms. The minimum Gasteiger partial charge on any atom is -0.469 e. The Morgan fingerprint density at radius 2 is 2.06 bits per heavy atom. The Morgan fingerprint density at radius 3 is 2.69 bits per heavy atom. The van der Waals surface area contributed by atoms with Crippen LogP contribution in [0.3, 0.4) is 0 Å². The first-order valence-electron chi connectivity index (χ1n) is 6.69. The molecule has 1 unspecified atom stereocenters. The Balaban J connectivity index is 1.92. The average Bonchev–Trinajstić information content (AvgIpc) is 3.04. The lowest BCUT2D eigenvalue weighted by atomic mass is 9.67. The fraction of sp³-hybridized carbons (Fsp3) is 0.714. The minimum absolute atomic E-state index is 0.304. The van der Waals surface area contributed by atoms with Crippen molar-refractivity contribution in [1.29, 1.82) is 0 Å². The smallest absolute Gasteiger partial charge is 0.111 e. The van der Waals surface area contributed by atoms with E-state index >= 15 is 0 Å². The van der Waals surface area contributed by atoms with Crippen LogP contribution in [0, 0.1) is 0 Å². The van der Waals surface area contributed by atoms with Crippen molar-refractivity contribution in [2.24, 2.45) is 0 Å². The molecule has 1 N–H and O–H groups in total. The maximum Gasteiger partial charge on any atom is 0.111 e. The van der Waals surface area contributed by atoms with Crippen LogP contribution in [0.5, 0.6) is 0 Å². The molecule has 0 aromatic carbocycles. The predicted octanol–water partition coefficient (Wildman–Crippen LogP) is 3.23. The molecule has 0 amide bonds. The molecule has 0 radical (unpaired) electrons. The molecule has 1 aliphatic heterocycles. The average molecular weight is 219 g/mol. The zero-order chi connectivity index (χ0) is 10.8. The van der Waals surface area contributed by atoms with Gasteiger partial charge >= 0.3 is 0 Å². The van der Waals surface area contributed by atoms with E-state index in [0.29, 0.717) is 11.5 Å². The van der Waals surface area contributed by atoms with Gasteiger partial charge in [-0.2, -0.15) is 0 Å². The van der Waals surface area contributed by atoms with Gasteiger partial charge in [0.25, 0.3) is 0 Å². The standard InChI is InChI=1S/C14H21NO/c1-2-8-14(9-3-1,12-6-4-10-15-12)13-7-5-11-16-13/h5,7,11-12,15H,1-4,6,8-10H2. The molecule has 88 valence electrons. The van der Waals surface area contributed by atoms with Gasteiger partial charge in [0.2, 0.25) is 0 Å². The van der Waals surface area contributed by atoms with Crippen LogP contribution in [0.2, 0.25) is 0 Å². The third-order valence-electron chi connectivity index (χ3n) is 4.49. The largest absolute Gasteiger partial charge is 0.469 e. The fourth-order valence-electron chi connectivity index (χ4n) is 3.67. The van der Waals surface area contributed by atoms with E-state index in [1.807, 2.05) is 12.3 Å². The van der Waals surface area contributed by atoms with Crippen molar-refractivity contribution in [1.82, 2.24) is 5.32 Å². The Bertz CT molecular complexity index is 319. The highest BCUT2D eigenvalue weighted by Crippen LogP contribution is 2.44. The first kappa shape index (κ1) is 10.4. The van der Waals surface area contributed by atoms with E-state index in [1.165, 1.54) is 57.3 Å². The van der Waals surface area contributed by atoms with Crippen LogP contribution in [-0.2, 0) is 5.41 Å². The molecule has 16 heavy (non-hydrogen) atoms. The van der Waals surface area contributed by atoms with E-state index < -0.39 is 0 Å². The molecular weight excluding hydrogens is 198 g/mol. The quantitative estimate of drug-likeness (QED) is 0.826. The minimum atomic E-state index is 0.304. The van der Waals surface area contributed by atoms with E-state index in [0.717, 1.165) is 0 Å². The summed E-state index contributed by atoms with van der Waals surface area (Å²) in [6, 6.07) is 4.88. The van der Waals surface area contributed by atoms with Gasteiger partial charge in [0.05, 0.1) is 6.26 Å². The second-order valence-electron chi connectivity index (χ2n) is 5.34. The molecule has 2 nitrogen and oxygen atoms in total. The van der Waals surface area contributed by atoms with Gasteiger partial charge in [0.15, 0.2) is 0 Å². The number of hydrogen-bond donors (Lipinski definition) is 1. The summed E-state index contributed by atoms with van der Waals surface area (Å²) in [7, 11) is 0. The van der Waals surface area contributed by atoms with Gasteiger partial charge in [-0.05, 0) is 44.4 Å². The molecule has 0 spiro atoms. The van der Waals surface area contributed by atoms with Crippen LogP contribution in [0.25, 0.3) is 0 Å². The SMILES string of the molecule is c1coc(C2(C3CCCN3)CCCCC2)c1. The number of nitrogens with one attached hydrogen (secondary N) is 1. The summed E-state index contributed by atoms with van der Waals surface area (Å²) < 4.78 is 5.75. The number of rotatable bonds is 2. The Kier molecular flexibility index (Phi) is 2.76. The molecule has 1 aromatic heterocycles. The summed E-state index contributed by atoms with van der Waals surface area (Å²) >= 11 is 0. The molecule has 2 heteroatoms.